The quantitative estimate of drug-likeness (QED) is 0.198. The minimum atomic E-state index is -5.28. The maximum atomic E-state index is 15.9. The SMILES string of the molecule is Cc1ccc2cc1Oc1cccc(C)c1-c1cc(c(F)c(C(F)(F)F)c1)[C@H](CC(=O)O)NC(=O)[C@H]2n1cc(CCN2CC(F)C2)c(C(F)(F)F)cc1=O. The van der Waals surface area contributed by atoms with E-state index in [0.29, 0.717) is 27.8 Å². The highest BCUT2D eigenvalue weighted by Gasteiger charge is 2.40. The van der Waals surface area contributed by atoms with Crippen LogP contribution in [-0.4, -0.2) is 52.3 Å². The number of hydrogen-bond acceptors (Lipinski definition) is 5. The normalized spacial score (nSPS) is 18.1. The Morgan fingerprint density at radius 1 is 0.925 bits per heavy atom. The fourth-order valence-corrected chi connectivity index (χ4v) is 6.69. The zero-order chi connectivity index (χ0) is 38.6. The van der Waals surface area contributed by atoms with Gasteiger partial charge in [-0.15, -0.1) is 0 Å². The Morgan fingerprint density at radius 3 is 2.26 bits per heavy atom. The van der Waals surface area contributed by atoms with E-state index in [4.69, 9.17) is 4.74 Å². The van der Waals surface area contributed by atoms with Crippen molar-refractivity contribution in [1.82, 2.24) is 14.8 Å². The van der Waals surface area contributed by atoms with Gasteiger partial charge in [0.05, 0.1) is 23.6 Å². The van der Waals surface area contributed by atoms with Gasteiger partial charge in [-0.3, -0.25) is 23.9 Å². The van der Waals surface area contributed by atoms with E-state index in [1.807, 2.05) is 0 Å². The number of hydrogen-bond donors (Lipinski definition) is 2. The van der Waals surface area contributed by atoms with Gasteiger partial charge in [0.25, 0.3) is 5.56 Å². The summed E-state index contributed by atoms with van der Waals surface area (Å²) >= 11 is 0. The average molecular weight is 750 g/mol. The van der Waals surface area contributed by atoms with E-state index in [9.17, 15) is 50.2 Å². The summed E-state index contributed by atoms with van der Waals surface area (Å²) in [5.41, 5.74) is -4.89. The first-order valence-corrected chi connectivity index (χ1v) is 16.3. The first-order valence-electron chi connectivity index (χ1n) is 16.3. The van der Waals surface area contributed by atoms with Crippen LogP contribution in [0.15, 0.2) is 65.6 Å². The number of ether oxygens (including phenoxy) is 1. The number of carboxylic acid groups (broad SMARTS) is 1. The van der Waals surface area contributed by atoms with Crippen LogP contribution in [0.1, 0.15) is 57.4 Å². The molecular weight excluding hydrogens is 718 g/mol. The highest BCUT2D eigenvalue weighted by Crippen LogP contribution is 2.44. The summed E-state index contributed by atoms with van der Waals surface area (Å²) in [5.74, 6) is -4.67. The Labute approximate surface area is 296 Å². The van der Waals surface area contributed by atoms with Gasteiger partial charge in [-0.05, 0) is 72.4 Å². The molecule has 8 nitrogen and oxygen atoms in total. The first kappa shape index (κ1) is 37.5. The van der Waals surface area contributed by atoms with Crippen molar-refractivity contribution in [3.8, 4) is 22.6 Å². The molecule has 3 aromatic carbocycles. The molecule has 53 heavy (non-hydrogen) atoms. The summed E-state index contributed by atoms with van der Waals surface area (Å²) in [7, 11) is 0. The van der Waals surface area contributed by atoms with Crippen LogP contribution in [0.25, 0.3) is 11.1 Å². The molecule has 0 radical (unpaired) electrons. The lowest BCUT2D eigenvalue weighted by atomic mass is 9.91. The van der Waals surface area contributed by atoms with Gasteiger partial charge in [0.15, 0.2) is 0 Å². The number of likely N-dealkylation sites (tertiary alicyclic amines) is 1. The molecule has 3 heterocycles. The Kier molecular flexibility index (Phi) is 9.87. The number of carboxylic acids is 1. The third kappa shape index (κ3) is 7.63. The Bertz CT molecular complexity index is 2160. The molecule has 16 heteroatoms. The molecule has 2 aliphatic heterocycles. The lowest BCUT2D eigenvalue weighted by Gasteiger charge is -2.34. The number of pyridine rings is 1. The number of fused-ring (bicyclic) bond motifs is 6. The van der Waals surface area contributed by atoms with Gasteiger partial charge in [-0.25, -0.2) is 8.78 Å². The van der Waals surface area contributed by atoms with Crippen LogP contribution in [0.3, 0.4) is 0 Å². The van der Waals surface area contributed by atoms with Crippen molar-refractivity contribution in [3.63, 3.8) is 0 Å². The molecule has 2 atom stereocenters. The van der Waals surface area contributed by atoms with Crippen molar-refractivity contribution < 1.29 is 54.6 Å². The Balaban J connectivity index is 1.61. The van der Waals surface area contributed by atoms with Crippen LogP contribution in [-0.2, 0) is 28.4 Å². The number of alkyl halides is 7. The van der Waals surface area contributed by atoms with Crippen LogP contribution >= 0.6 is 0 Å². The molecule has 1 aromatic heterocycles. The van der Waals surface area contributed by atoms with Crippen molar-refractivity contribution in [3.05, 3.63) is 116 Å². The number of aliphatic carboxylic acids is 1. The summed E-state index contributed by atoms with van der Waals surface area (Å²) in [6, 6.07) is 6.76. The number of nitrogens with one attached hydrogen (secondary N) is 1. The second-order valence-corrected chi connectivity index (χ2v) is 13.1. The predicted octanol–water partition coefficient (Wildman–Crippen LogP) is 7.53. The van der Waals surface area contributed by atoms with Crippen LogP contribution in [0.2, 0.25) is 0 Å². The molecule has 0 aliphatic carbocycles. The number of halogens is 8. The van der Waals surface area contributed by atoms with E-state index in [-0.39, 0.29) is 54.2 Å². The number of benzene rings is 3. The molecule has 1 fully saturated rings. The number of nitrogens with zero attached hydrogens (tertiary/aromatic N) is 2. The molecule has 1 saturated heterocycles. The molecule has 2 aliphatic rings. The van der Waals surface area contributed by atoms with Crippen molar-refractivity contribution in [1.29, 1.82) is 0 Å². The zero-order valence-electron chi connectivity index (χ0n) is 28.0. The molecule has 6 rings (SSSR count). The highest BCUT2D eigenvalue weighted by atomic mass is 19.4. The maximum absolute atomic E-state index is 15.9. The van der Waals surface area contributed by atoms with Crippen LogP contribution in [0, 0.1) is 19.7 Å². The van der Waals surface area contributed by atoms with Gasteiger partial charge in [0.2, 0.25) is 5.91 Å². The summed E-state index contributed by atoms with van der Waals surface area (Å²) < 4.78 is 122. The van der Waals surface area contributed by atoms with E-state index in [1.165, 1.54) is 24.3 Å². The lowest BCUT2D eigenvalue weighted by Crippen LogP contribution is -2.49. The third-order valence-electron chi connectivity index (χ3n) is 9.35. The summed E-state index contributed by atoms with van der Waals surface area (Å²) in [4.78, 5) is 41.5. The van der Waals surface area contributed by atoms with Crippen molar-refractivity contribution >= 4 is 11.9 Å². The van der Waals surface area contributed by atoms with Crippen LogP contribution < -0.4 is 15.6 Å². The number of aromatic nitrogens is 1. The number of carbonyl (C=O) groups is 2. The highest BCUT2D eigenvalue weighted by molar-refractivity contribution is 5.85. The monoisotopic (exact) mass is 749 g/mol. The number of amides is 1. The van der Waals surface area contributed by atoms with Gasteiger partial charge >= 0.3 is 18.3 Å². The lowest BCUT2D eigenvalue weighted by molar-refractivity contribution is -0.140. The third-order valence-corrected chi connectivity index (χ3v) is 9.35. The minimum Gasteiger partial charge on any atom is -0.481 e. The van der Waals surface area contributed by atoms with Gasteiger partial charge in [-0.2, -0.15) is 26.3 Å². The van der Waals surface area contributed by atoms with Crippen molar-refractivity contribution in [2.75, 3.05) is 19.6 Å². The number of rotatable bonds is 6. The van der Waals surface area contributed by atoms with E-state index >= 15 is 4.39 Å². The molecule has 4 aromatic rings. The molecular formula is C37H31F8N3O5. The molecule has 0 spiro atoms. The number of carbonyl (C=O) groups excluding carboxylic acids is 1. The van der Waals surface area contributed by atoms with E-state index < -0.39 is 82.5 Å². The summed E-state index contributed by atoms with van der Waals surface area (Å²) in [6.45, 7) is 3.17. The molecule has 280 valence electrons. The van der Waals surface area contributed by atoms with Crippen LogP contribution in [0.5, 0.6) is 11.5 Å². The summed E-state index contributed by atoms with van der Waals surface area (Å²) in [6.07, 6.45) is -12.0. The Hall–Kier alpha value is -5.25. The van der Waals surface area contributed by atoms with Crippen molar-refractivity contribution in [2.45, 2.75) is 57.3 Å². The fraction of sp³-hybridized carbons (Fsp3) is 0.324. The van der Waals surface area contributed by atoms with E-state index in [0.717, 1.165) is 12.3 Å². The van der Waals surface area contributed by atoms with Gasteiger partial charge < -0.3 is 15.2 Å². The molecule has 4 bridgehead atoms. The van der Waals surface area contributed by atoms with Crippen molar-refractivity contribution in [2.24, 2.45) is 0 Å². The molecule has 0 saturated carbocycles. The van der Waals surface area contributed by atoms with Gasteiger partial charge in [-0.1, -0.05) is 24.3 Å². The molecule has 1 amide bonds. The topological polar surface area (TPSA) is 101 Å². The smallest absolute Gasteiger partial charge is 0.419 e. The Morgan fingerprint density at radius 2 is 1.62 bits per heavy atom. The minimum absolute atomic E-state index is 0.000400. The average Bonchev–Trinajstić information content (AvgIpc) is 3.04. The maximum Gasteiger partial charge on any atom is 0.419 e. The second kappa shape index (κ2) is 14.0. The van der Waals surface area contributed by atoms with Crippen LogP contribution in [0.4, 0.5) is 35.1 Å². The summed E-state index contributed by atoms with van der Waals surface area (Å²) in [5, 5.41) is 12.1. The number of aryl methyl sites for hydroxylation is 2. The van der Waals surface area contributed by atoms with E-state index in [1.54, 1.807) is 30.9 Å². The van der Waals surface area contributed by atoms with Gasteiger partial charge in [0.1, 0.15) is 29.5 Å². The standard InChI is InChI=1S/C37H31F8N3O5/c1-18-6-7-20-12-29(18)53-28-5-3-4-19(2)32(28)22-10-24(33(39)26(11-22)37(43,44)45)27(14-31(50)51)46-35(52)34(20)48-15-21(8-9-47-16-23(38)17-47)25(13-30(48)49)36(40,41)42/h3-7,10-13,15,23,27,34H,8-9,14,16-17H2,1-2H3,(H,46,52)(H,50,51)/t27-,34-/m0/s1. The fourth-order valence-electron chi connectivity index (χ4n) is 6.69. The van der Waals surface area contributed by atoms with Gasteiger partial charge in [0, 0.05) is 43.0 Å². The van der Waals surface area contributed by atoms with E-state index in [2.05, 4.69) is 5.32 Å². The largest absolute Gasteiger partial charge is 0.481 e. The molecule has 2 N–H and O–H groups in total. The second-order valence-electron chi connectivity index (χ2n) is 13.1. The first-order chi connectivity index (χ1) is 24.8. The zero-order valence-corrected chi connectivity index (χ0v) is 28.0. The molecule has 0 unspecified atom stereocenters. The predicted molar refractivity (Wildman–Crippen MR) is 175 cm³/mol.